The van der Waals surface area contributed by atoms with E-state index in [2.05, 4.69) is 11.1 Å². The van der Waals surface area contributed by atoms with Gasteiger partial charge in [0, 0.05) is 42.7 Å². The molecule has 0 saturated heterocycles. The lowest BCUT2D eigenvalue weighted by atomic mass is 9.94. The van der Waals surface area contributed by atoms with E-state index in [0.29, 0.717) is 40.6 Å². The van der Waals surface area contributed by atoms with Gasteiger partial charge in [0.05, 0.1) is 11.7 Å². The highest BCUT2D eigenvalue weighted by Crippen LogP contribution is 2.29. The highest BCUT2D eigenvalue weighted by atomic mass is 19.1. The normalized spacial score (nSPS) is 12.9. The van der Waals surface area contributed by atoms with E-state index >= 15 is 0 Å². The van der Waals surface area contributed by atoms with Gasteiger partial charge in [-0.3, -0.25) is 9.59 Å². The van der Waals surface area contributed by atoms with Crippen molar-refractivity contribution in [1.82, 2.24) is 9.55 Å². The Morgan fingerprint density at radius 1 is 1.17 bits per heavy atom. The SMILES string of the molecule is C[C@H](CC(=O)O)CC(=O)c1c(CCCCCC(O)c2ccc(F)cc2)n(C)c2ncc(C#N)cc12. The number of carboxylic acid groups (broad SMARTS) is 1. The van der Waals surface area contributed by atoms with E-state index < -0.39 is 12.1 Å². The minimum Gasteiger partial charge on any atom is -0.481 e. The number of aryl methyl sites for hydroxylation is 1. The number of fused-ring (bicyclic) bond motifs is 1. The number of aliphatic hydroxyl groups is 1. The molecule has 2 atom stereocenters. The predicted octanol–water partition coefficient (Wildman–Crippen LogP) is 5.10. The second-order valence-corrected chi connectivity index (χ2v) is 9.08. The molecule has 35 heavy (non-hydrogen) atoms. The van der Waals surface area contributed by atoms with Crippen molar-refractivity contribution in [1.29, 1.82) is 5.26 Å². The van der Waals surface area contributed by atoms with Crippen molar-refractivity contribution >= 4 is 22.8 Å². The molecule has 0 aliphatic carbocycles. The Bertz CT molecular complexity index is 1240. The van der Waals surface area contributed by atoms with Crippen LogP contribution in [0.25, 0.3) is 11.0 Å². The summed E-state index contributed by atoms with van der Waals surface area (Å²) in [4.78, 5) is 28.7. The molecule has 0 saturated carbocycles. The maximum Gasteiger partial charge on any atom is 0.303 e. The summed E-state index contributed by atoms with van der Waals surface area (Å²) in [6.07, 6.45) is 4.33. The maximum absolute atomic E-state index is 13.3. The Kier molecular flexibility index (Phi) is 8.72. The fourth-order valence-electron chi connectivity index (χ4n) is 4.47. The first-order valence-corrected chi connectivity index (χ1v) is 11.8. The number of pyridine rings is 1. The van der Waals surface area contributed by atoms with E-state index in [1.165, 1.54) is 18.3 Å². The summed E-state index contributed by atoms with van der Waals surface area (Å²) in [5.74, 6) is -1.75. The van der Waals surface area contributed by atoms with Crippen LogP contribution < -0.4 is 0 Å². The molecule has 0 spiro atoms. The molecule has 2 aromatic heterocycles. The van der Waals surface area contributed by atoms with Crippen molar-refractivity contribution in [3.8, 4) is 6.07 Å². The number of nitriles is 1. The Labute approximate surface area is 203 Å². The van der Waals surface area contributed by atoms with Crippen molar-refractivity contribution < 1.29 is 24.2 Å². The molecule has 8 heteroatoms. The van der Waals surface area contributed by atoms with Crippen molar-refractivity contribution in [3.05, 3.63) is 64.7 Å². The molecular formula is C27H30FN3O4. The van der Waals surface area contributed by atoms with Crippen LogP contribution >= 0.6 is 0 Å². The minimum absolute atomic E-state index is 0.0933. The third kappa shape index (κ3) is 6.52. The fourth-order valence-corrected chi connectivity index (χ4v) is 4.47. The summed E-state index contributed by atoms with van der Waals surface area (Å²) in [6.45, 7) is 1.74. The van der Waals surface area contributed by atoms with E-state index in [1.807, 2.05) is 11.6 Å². The Hall–Kier alpha value is -3.57. The van der Waals surface area contributed by atoms with Crippen LogP contribution in [0.5, 0.6) is 0 Å². The van der Waals surface area contributed by atoms with Gasteiger partial charge in [-0.2, -0.15) is 5.26 Å². The van der Waals surface area contributed by atoms with E-state index in [1.54, 1.807) is 25.1 Å². The lowest BCUT2D eigenvalue weighted by Crippen LogP contribution is -2.12. The van der Waals surface area contributed by atoms with Crippen LogP contribution in [-0.2, 0) is 18.3 Å². The summed E-state index contributed by atoms with van der Waals surface area (Å²) < 4.78 is 15.0. The first-order valence-electron chi connectivity index (χ1n) is 11.8. The Morgan fingerprint density at radius 3 is 2.54 bits per heavy atom. The molecule has 184 valence electrons. The number of hydrogen-bond donors (Lipinski definition) is 2. The van der Waals surface area contributed by atoms with Gasteiger partial charge >= 0.3 is 5.97 Å². The monoisotopic (exact) mass is 479 g/mol. The van der Waals surface area contributed by atoms with Crippen molar-refractivity contribution in [2.75, 3.05) is 0 Å². The smallest absolute Gasteiger partial charge is 0.303 e. The third-order valence-electron chi connectivity index (χ3n) is 6.26. The van der Waals surface area contributed by atoms with E-state index in [4.69, 9.17) is 5.11 Å². The zero-order valence-corrected chi connectivity index (χ0v) is 20.0. The van der Waals surface area contributed by atoms with E-state index in [-0.39, 0.29) is 30.4 Å². The molecule has 0 fully saturated rings. The fraction of sp³-hybridized carbons (Fsp3) is 0.407. The molecule has 2 N–H and O–H groups in total. The summed E-state index contributed by atoms with van der Waals surface area (Å²) in [6, 6.07) is 9.57. The number of aliphatic hydroxyl groups excluding tert-OH is 1. The first kappa shape index (κ1) is 26.0. The van der Waals surface area contributed by atoms with Crippen molar-refractivity contribution in [2.24, 2.45) is 13.0 Å². The standard InChI is InChI=1S/C27H30FN3O4/c1-17(13-25(34)35)12-24(33)26-21-14-18(15-29)16-30-27(21)31(2)22(26)6-4-3-5-7-23(32)19-8-10-20(28)11-9-19/h8-11,14,16-17,23,32H,3-7,12-13H2,1-2H3,(H,34,35)/t17-,23?/m0/s1. The number of aromatic nitrogens is 2. The molecule has 1 unspecified atom stereocenters. The largest absolute Gasteiger partial charge is 0.481 e. The molecule has 3 aromatic rings. The second-order valence-electron chi connectivity index (χ2n) is 9.08. The lowest BCUT2D eigenvalue weighted by molar-refractivity contribution is -0.137. The van der Waals surface area contributed by atoms with Gasteiger partial charge in [-0.15, -0.1) is 0 Å². The second kappa shape index (κ2) is 11.7. The highest BCUT2D eigenvalue weighted by molar-refractivity contribution is 6.09. The molecule has 2 heterocycles. The van der Waals surface area contributed by atoms with Crippen LogP contribution in [-0.4, -0.2) is 31.5 Å². The Morgan fingerprint density at radius 2 is 1.89 bits per heavy atom. The average molecular weight is 480 g/mol. The number of carbonyl (C=O) groups is 2. The van der Waals surface area contributed by atoms with Gasteiger partial charge in [-0.1, -0.05) is 31.9 Å². The van der Waals surface area contributed by atoms with Crippen molar-refractivity contribution in [2.45, 2.75) is 58.0 Å². The molecule has 1 aromatic carbocycles. The number of nitrogens with zero attached hydrogens (tertiary/aromatic N) is 3. The van der Waals surface area contributed by atoms with Gasteiger partial charge in [-0.25, -0.2) is 9.37 Å². The number of ketones is 1. The van der Waals surface area contributed by atoms with Gasteiger partial charge in [-0.05, 0) is 48.9 Å². The van der Waals surface area contributed by atoms with Crippen LogP contribution in [0.2, 0.25) is 0 Å². The molecule has 0 bridgehead atoms. The van der Waals surface area contributed by atoms with Crippen LogP contribution in [0.15, 0.2) is 36.5 Å². The lowest BCUT2D eigenvalue weighted by Gasteiger charge is -2.12. The summed E-state index contributed by atoms with van der Waals surface area (Å²) in [5, 5.41) is 29.3. The molecule has 3 rings (SSSR count). The van der Waals surface area contributed by atoms with Gasteiger partial charge < -0.3 is 14.8 Å². The van der Waals surface area contributed by atoms with E-state index in [0.717, 1.165) is 25.0 Å². The third-order valence-corrected chi connectivity index (χ3v) is 6.26. The predicted molar refractivity (Wildman–Crippen MR) is 129 cm³/mol. The number of unbranched alkanes of at least 4 members (excludes halogenated alkanes) is 2. The Balaban J connectivity index is 1.72. The molecule has 0 amide bonds. The maximum atomic E-state index is 13.3. The van der Waals surface area contributed by atoms with Crippen LogP contribution in [0.1, 0.15) is 78.7 Å². The molecule has 0 aliphatic rings. The highest BCUT2D eigenvalue weighted by Gasteiger charge is 2.24. The number of Topliss-reactive ketones (excluding diaryl/α,β-unsaturated/α-hetero) is 1. The number of hydrogen-bond acceptors (Lipinski definition) is 5. The molecule has 7 nitrogen and oxygen atoms in total. The number of carboxylic acids is 1. The molecule has 0 radical (unpaired) electrons. The summed E-state index contributed by atoms with van der Waals surface area (Å²) in [7, 11) is 1.84. The number of rotatable bonds is 12. The van der Waals surface area contributed by atoms with Gasteiger partial charge in [0.1, 0.15) is 17.5 Å². The number of aliphatic carboxylic acids is 1. The molecule has 0 aliphatic heterocycles. The number of carbonyl (C=O) groups excluding carboxylic acids is 1. The molecular weight excluding hydrogens is 449 g/mol. The first-order chi connectivity index (χ1) is 16.7. The number of halogens is 1. The van der Waals surface area contributed by atoms with E-state index in [9.17, 15) is 24.3 Å². The number of benzene rings is 1. The van der Waals surface area contributed by atoms with Gasteiger partial charge in [0.2, 0.25) is 0 Å². The topological polar surface area (TPSA) is 116 Å². The van der Waals surface area contributed by atoms with Crippen LogP contribution in [0.4, 0.5) is 4.39 Å². The zero-order chi connectivity index (χ0) is 25.5. The van der Waals surface area contributed by atoms with Crippen LogP contribution in [0.3, 0.4) is 0 Å². The van der Waals surface area contributed by atoms with Gasteiger partial charge in [0.25, 0.3) is 0 Å². The van der Waals surface area contributed by atoms with Crippen molar-refractivity contribution in [3.63, 3.8) is 0 Å². The summed E-state index contributed by atoms with van der Waals surface area (Å²) in [5.41, 5.74) is 2.98. The zero-order valence-electron chi connectivity index (χ0n) is 20.0. The summed E-state index contributed by atoms with van der Waals surface area (Å²) >= 11 is 0. The minimum atomic E-state index is -0.945. The van der Waals surface area contributed by atoms with Crippen LogP contribution in [0, 0.1) is 23.1 Å². The van der Waals surface area contributed by atoms with Gasteiger partial charge in [0.15, 0.2) is 5.78 Å². The average Bonchev–Trinajstić information content (AvgIpc) is 3.09. The quantitative estimate of drug-likeness (QED) is 0.276.